The number of halogens is 1. The van der Waals surface area contributed by atoms with E-state index in [4.69, 9.17) is 11.6 Å². The first-order valence-electron chi connectivity index (χ1n) is 7.72. The summed E-state index contributed by atoms with van der Waals surface area (Å²) in [5.74, 6) is -2.37. The molecule has 1 saturated heterocycles. The Labute approximate surface area is 143 Å². The third-order valence-electron chi connectivity index (χ3n) is 4.18. The fraction of sp³-hybridized carbons (Fsp3) is 0.375. The zero-order valence-electron chi connectivity index (χ0n) is 12.8. The van der Waals surface area contributed by atoms with Crippen LogP contribution in [0.15, 0.2) is 24.3 Å². The Hall–Kier alpha value is -2.41. The van der Waals surface area contributed by atoms with Crippen molar-refractivity contribution in [2.75, 3.05) is 11.9 Å². The Morgan fingerprint density at radius 1 is 1.17 bits per heavy atom. The van der Waals surface area contributed by atoms with E-state index in [0.717, 1.165) is 17.7 Å². The minimum absolute atomic E-state index is 0.241. The molecule has 2 aliphatic rings. The zero-order chi connectivity index (χ0) is 17.3. The van der Waals surface area contributed by atoms with E-state index in [2.05, 4.69) is 5.32 Å². The minimum Gasteiger partial charge on any atom is -0.324 e. The highest BCUT2D eigenvalue weighted by atomic mass is 35.5. The van der Waals surface area contributed by atoms with Crippen LogP contribution in [0.1, 0.15) is 25.7 Å². The molecule has 0 bridgehead atoms. The Morgan fingerprint density at radius 3 is 2.54 bits per heavy atom. The fourth-order valence-electron chi connectivity index (χ4n) is 3.06. The van der Waals surface area contributed by atoms with Crippen molar-refractivity contribution in [1.82, 2.24) is 9.80 Å². The highest BCUT2D eigenvalue weighted by Crippen LogP contribution is 2.27. The fourth-order valence-corrected chi connectivity index (χ4v) is 3.25. The lowest BCUT2D eigenvalue weighted by Crippen LogP contribution is -2.41. The van der Waals surface area contributed by atoms with Gasteiger partial charge in [-0.1, -0.05) is 30.5 Å². The summed E-state index contributed by atoms with van der Waals surface area (Å²) in [6, 6.07) is 5.54. The third kappa shape index (κ3) is 3.12. The van der Waals surface area contributed by atoms with Gasteiger partial charge in [-0.2, -0.15) is 0 Å². The first-order valence-corrected chi connectivity index (χ1v) is 8.09. The highest BCUT2D eigenvalue weighted by Gasteiger charge is 2.48. The molecular formula is C16H16ClN3O4. The molecular weight excluding hydrogens is 334 g/mol. The summed E-state index contributed by atoms with van der Waals surface area (Å²) in [6.07, 6.45) is 3.25. The van der Waals surface area contributed by atoms with Crippen LogP contribution in [0, 0.1) is 0 Å². The normalized spacial score (nSPS) is 18.6. The van der Waals surface area contributed by atoms with Gasteiger partial charge in [0, 0.05) is 16.8 Å². The molecule has 126 valence electrons. The van der Waals surface area contributed by atoms with Crippen LogP contribution in [-0.2, 0) is 14.4 Å². The van der Waals surface area contributed by atoms with Crippen LogP contribution in [0.2, 0.25) is 5.02 Å². The van der Waals surface area contributed by atoms with E-state index < -0.39 is 30.3 Å². The van der Waals surface area contributed by atoms with E-state index in [-0.39, 0.29) is 6.04 Å². The molecule has 1 saturated carbocycles. The van der Waals surface area contributed by atoms with E-state index in [9.17, 15) is 19.2 Å². The van der Waals surface area contributed by atoms with Crippen molar-refractivity contribution in [3.05, 3.63) is 29.3 Å². The van der Waals surface area contributed by atoms with Crippen molar-refractivity contribution in [3.8, 4) is 0 Å². The van der Waals surface area contributed by atoms with Gasteiger partial charge >= 0.3 is 17.8 Å². The molecule has 0 aromatic heterocycles. The lowest BCUT2D eigenvalue weighted by atomic mass is 10.2. The standard InChI is InChI=1S/C16H16ClN3O4/c17-10-4-3-5-11(8-10)18-13(21)9-19-14(22)15(23)20(16(19)24)12-6-1-2-7-12/h3-5,8,12H,1-2,6-7,9H2,(H,18,21). The maximum Gasteiger partial charge on any atom is 0.334 e. The number of anilines is 1. The second-order valence-electron chi connectivity index (χ2n) is 5.85. The second-order valence-corrected chi connectivity index (χ2v) is 6.28. The number of benzene rings is 1. The number of imide groups is 2. The van der Waals surface area contributed by atoms with Crippen molar-refractivity contribution >= 4 is 41.0 Å². The summed E-state index contributed by atoms with van der Waals surface area (Å²) < 4.78 is 0. The molecule has 0 radical (unpaired) electrons. The maximum absolute atomic E-state index is 12.4. The second kappa shape index (κ2) is 6.60. The SMILES string of the molecule is O=C(CN1C(=O)C(=O)N(C2CCCC2)C1=O)Nc1cccc(Cl)c1. The van der Waals surface area contributed by atoms with Crippen LogP contribution >= 0.6 is 11.6 Å². The van der Waals surface area contributed by atoms with Crippen LogP contribution < -0.4 is 5.32 Å². The molecule has 1 aromatic carbocycles. The molecule has 1 aliphatic carbocycles. The molecule has 1 N–H and O–H groups in total. The Bertz CT molecular complexity index is 715. The van der Waals surface area contributed by atoms with Crippen LogP contribution in [-0.4, -0.2) is 46.1 Å². The van der Waals surface area contributed by atoms with Crippen LogP contribution in [0.3, 0.4) is 0 Å². The third-order valence-corrected chi connectivity index (χ3v) is 4.42. The number of carbonyl (C=O) groups is 4. The van der Waals surface area contributed by atoms with Crippen molar-refractivity contribution in [3.63, 3.8) is 0 Å². The smallest absolute Gasteiger partial charge is 0.324 e. The van der Waals surface area contributed by atoms with Gasteiger partial charge in [-0.3, -0.25) is 19.3 Å². The lowest BCUT2D eigenvalue weighted by molar-refractivity contribution is -0.144. The first-order chi connectivity index (χ1) is 11.5. The van der Waals surface area contributed by atoms with Crippen LogP contribution in [0.5, 0.6) is 0 Å². The zero-order valence-corrected chi connectivity index (χ0v) is 13.6. The summed E-state index contributed by atoms with van der Waals surface area (Å²) >= 11 is 5.83. The van der Waals surface area contributed by atoms with Gasteiger partial charge in [-0.25, -0.2) is 9.69 Å². The molecule has 0 spiro atoms. The van der Waals surface area contributed by atoms with E-state index in [0.29, 0.717) is 28.5 Å². The van der Waals surface area contributed by atoms with E-state index in [1.54, 1.807) is 24.3 Å². The number of hydrogen-bond donors (Lipinski definition) is 1. The Morgan fingerprint density at radius 2 is 1.88 bits per heavy atom. The summed E-state index contributed by atoms with van der Waals surface area (Å²) in [6.45, 7) is -0.501. The molecule has 1 heterocycles. The topological polar surface area (TPSA) is 86.8 Å². The van der Waals surface area contributed by atoms with Crippen molar-refractivity contribution < 1.29 is 19.2 Å². The molecule has 8 heteroatoms. The van der Waals surface area contributed by atoms with Gasteiger partial charge in [0.25, 0.3) is 0 Å². The summed E-state index contributed by atoms with van der Waals surface area (Å²) in [5, 5.41) is 3.00. The van der Waals surface area contributed by atoms with Crippen LogP contribution in [0.4, 0.5) is 10.5 Å². The quantitative estimate of drug-likeness (QED) is 0.665. The molecule has 7 nitrogen and oxygen atoms in total. The lowest BCUT2D eigenvalue weighted by Gasteiger charge is -2.20. The van der Waals surface area contributed by atoms with Crippen molar-refractivity contribution in [2.45, 2.75) is 31.7 Å². The van der Waals surface area contributed by atoms with E-state index >= 15 is 0 Å². The number of carbonyl (C=O) groups excluding carboxylic acids is 4. The van der Waals surface area contributed by atoms with Gasteiger partial charge in [0.15, 0.2) is 0 Å². The number of nitrogens with one attached hydrogen (secondary N) is 1. The van der Waals surface area contributed by atoms with Gasteiger partial charge in [-0.15, -0.1) is 0 Å². The summed E-state index contributed by atoms with van der Waals surface area (Å²) in [7, 11) is 0. The molecule has 1 aromatic rings. The van der Waals surface area contributed by atoms with Gasteiger partial charge in [0.05, 0.1) is 0 Å². The van der Waals surface area contributed by atoms with Gasteiger partial charge in [0.1, 0.15) is 6.54 Å². The van der Waals surface area contributed by atoms with E-state index in [1.807, 2.05) is 0 Å². The number of nitrogens with zero attached hydrogens (tertiary/aromatic N) is 2. The van der Waals surface area contributed by atoms with Gasteiger partial charge in [0.2, 0.25) is 5.91 Å². The maximum atomic E-state index is 12.4. The molecule has 5 amide bonds. The number of urea groups is 1. The summed E-state index contributed by atoms with van der Waals surface area (Å²) in [4.78, 5) is 50.2. The average molecular weight is 350 g/mol. The summed E-state index contributed by atoms with van der Waals surface area (Å²) in [5.41, 5.74) is 0.450. The van der Waals surface area contributed by atoms with Crippen molar-refractivity contribution in [2.24, 2.45) is 0 Å². The number of rotatable bonds is 4. The molecule has 24 heavy (non-hydrogen) atoms. The molecule has 2 fully saturated rings. The predicted octanol–water partition coefficient (Wildman–Crippen LogP) is 2.01. The van der Waals surface area contributed by atoms with Crippen LogP contribution in [0.25, 0.3) is 0 Å². The van der Waals surface area contributed by atoms with Crippen molar-refractivity contribution in [1.29, 1.82) is 0 Å². The molecule has 0 atom stereocenters. The Balaban J connectivity index is 1.68. The highest BCUT2D eigenvalue weighted by molar-refractivity contribution is 6.45. The monoisotopic (exact) mass is 349 g/mol. The predicted molar refractivity (Wildman–Crippen MR) is 86.3 cm³/mol. The molecule has 3 rings (SSSR count). The Kier molecular flexibility index (Phi) is 4.53. The molecule has 1 aliphatic heterocycles. The van der Waals surface area contributed by atoms with E-state index in [1.165, 1.54) is 0 Å². The number of hydrogen-bond acceptors (Lipinski definition) is 4. The first kappa shape index (κ1) is 16.4. The number of amides is 5. The van der Waals surface area contributed by atoms with Gasteiger partial charge in [-0.05, 0) is 31.0 Å². The van der Waals surface area contributed by atoms with Gasteiger partial charge < -0.3 is 5.32 Å². The average Bonchev–Trinajstić information content (AvgIpc) is 3.11. The minimum atomic E-state index is -0.951. The largest absolute Gasteiger partial charge is 0.334 e. The molecule has 0 unspecified atom stereocenters.